The van der Waals surface area contributed by atoms with Crippen LogP contribution in [0.2, 0.25) is 0 Å². The van der Waals surface area contributed by atoms with E-state index in [1.807, 2.05) is 17.5 Å². The van der Waals surface area contributed by atoms with Crippen molar-refractivity contribution in [2.75, 3.05) is 7.11 Å². The summed E-state index contributed by atoms with van der Waals surface area (Å²) in [6.07, 6.45) is 1.55. The molecule has 114 valence electrons. The monoisotopic (exact) mass is 316 g/mol. The lowest BCUT2D eigenvalue weighted by molar-refractivity contribution is 0.0691. The van der Waals surface area contributed by atoms with Crippen LogP contribution in [0.1, 0.15) is 35.8 Å². The Morgan fingerprint density at radius 1 is 1.41 bits per heavy atom. The van der Waals surface area contributed by atoms with Crippen LogP contribution in [0.25, 0.3) is 16.2 Å². The molecule has 0 amide bonds. The van der Waals surface area contributed by atoms with Crippen molar-refractivity contribution in [2.24, 2.45) is 0 Å². The predicted molar refractivity (Wildman–Crippen MR) is 86.1 cm³/mol. The summed E-state index contributed by atoms with van der Waals surface area (Å²) < 4.78 is 7.26. The smallest absolute Gasteiger partial charge is 0.356 e. The molecule has 0 saturated carbocycles. The molecule has 2 heterocycles. The Hall–Kier alpha value is -2.34. The van der Waals surface area contributed by atoms with Crippen molar-refractivity contribution in [3.8, 4) is 17.0 Å². The van der Waals surface area contributed by atoms with Gasteiger partial charge in [0.05, 0.1) is 12.8 Å². The molecule has 5 nitrogen and oxygen atoms in total. The third-order valence-corrected chi connectivity index (χ3v) is 4.43. The number of aromatic nitrogens is 2. The van der Waals surface area contributed by atoms with E-state index in [0.29, 0.717) is 10.9 Å². The van der Waals surface area contributed by atoms with E-state index in [0.717, 1.165) is 17.0 Å². The van der Waals surface area contributed by atoms with Crippen molar-refractivity contribution >= 4 is 22.3 Å². The van der Waals surface area contributed by atoms with Gasteiger partial charge in [0.15, 0.2) is 10.7 Å². The van der Waals surface area contributed by atoms with Gasteiger partial charge < -0.3 is 9.84 Å². The van der Waals surface area contributed by atoms with Crippen molar-refractivity contribution in [2.45, 2.75) is 19.8 Å². The Morgan fingerprint density at radius 2 is 2.18 bits per heavy atom. The minimum atomic E-state index is -1.02. The molecular weight excluding hydrogens is 300 g/mol. The first kappa shape index (κ1) is 14.6. The maximum Gasteiger partial charge on any atom is 0.356 e. The third-order valence-electron chi connectivity index (χ3n) is 3.59. The number of hydrogen-bond donors (Lipinski definition) is 1. The van der Waals surface area contributed by atoms with Crippen LogP contribution < -0.4 is 4.74 Å². The van der Waals surface area contributed by atoms with E-state index in [4.69, 9.17) is 9.84 Å². The first-order valence-electron chi connectivity index (χ1n) is 6.89. The molecule has 0 spiro atoms. The van der Waals surface area contributed by atoms with Crippen LogP contribution in [0.15, 0.2) is 29.8 Å². The van der Waals surface area contributed by atoms with Gasteiger partial charge >= 0.3 is 5.97 Å². The van der Waals surface area contributed by atoms with Gasteiger partial charge in [-0.05, 0) is 23.6 Å². The van der Waals surface area contributed by atoms with Crippen LogP contribution in [0.3, 0.4) is 0 Å². The number of carboxylic acid groups (broad SMARTS) is 1. The number of carboxylic acids is 1. The number of fused-ring (bicyclic) bond motifs is 1. The Kier molecular flexibility index (Phi) is 3.62. The quantitative estimate of drug-likeness (QED) is 0.793. The second-order valence-corrected chi connectivity index (χ2v) is 6.16. The fraction of sp³-hybridized carbons (Fsp3) is 0.250. The SMILES string of the molecule is COc1ccc(C(C)C)cc1-c1csc2nc(C(=O)O)cn12. The number of imidazole rings is 1. The zero-order valence-electron chi connectivity index (χ0n) is 12.5. The molecule has 2 aromatic heterocycles. The Labute approximate surface area is 131 Å². The van der Waals surface area contributed by atoms with Gasteiger partial charge in [-0.25, -0.2) is 9.78 Å². The second-order valence-electron chi connectivity index (χ2n) is 5.32. The van der Waals surface area contributed by atoms with Crippen LogP contribution in [0.5, 0.6) is 5.75 Å². The summed E-state index contributed by atoms with van der Waals surface area (Å²) in [5, 5.41) is 11.1. The highest BCUT2D eigenvalue weighted by molar-refractivity contribution is 7.15. The summed E-state index contributed by atoms with van der Waals surface area (Å²) in [4.78, 5) is 15.9. The zero-order chi connectivity index (χ0) is 15.9. The van der Waals surface area contributed by atoms with Crippen LogP contribution in [0, 0.1) is 0 Å². The summed E-state index contributed by atoms with van der Waals surface area (Å²) in [6, 6.07) is 6.09. The number of methoxy groups -OCH3 is 1. The first-order chi connectivity index (χ1) is 10.5. The van der Waals surface area contributed by atoms with Gasteiger partial charge in [0.2, 0.25) is 0 Å². The second kappa shape index (κ2) is 5.46. The van der Waals surface area contributed by atoms with E-state index in [2.05, 4.69) is 24.9 Å². The third kappa shape index (κ3) is 2.35. The number of benzene rings is 1. The summed E-state index contributed by atoms with van der Waals surface area (Å²) in [7, 11) is 1.63. The maximum atomic E-state index is 11.1. The molecule has 22 heavy (non-hydrogen) atoms. The fourth-order valence-corrected chi connectivity index (χ4v) is 3.24. The van der Waals surface area contributed by atoms with Gasteiger partial charge in [-0.3, -0.25) is 4.40 Å². The standard InChI is InChI=1S/C16H16N2O3S/c1-9(2)10-4-5-14(21-3)11(6-10)13-8-22-16-17-12(15(19)20)7-18(13)16/h4-9H,1-3H3,(H,19,20). The molecule has 0 saturated heterocycles. The lowest BCUT2D eigenvalue weighted by Crippen LogP contribution is -1.96. The topological polar surface area (TPSA) is 63.8 Å². The largest absolute Gasteiger partial charge is 0.496 e. The number of thiazole rings is 1. The van der Waals surface area contributed by atoms with Gasteiger partial charge in [-0.15, -0.1) is 11.3 Å². The summed E-state index contributed by atoms with van der Waals surface area (Å²) in [5.74, 6) is 0.135. The average Bonchev–Trinajstić information content (AvgIpc) is 3.06. The first-order valence-corrected chi connectivity index (χ1v) is 7.77. The van der Waals surface area contributed by atoms with Gasteiger partial charge in [-0.2, -0.15) is 0 Å². The van der Waals surface area contributed by atoms with Crippen molar-refractivity contribution in [1.82, 2.24) is 9.38 Å². The molecular formula is C16H16N2O3S. The van der Waals surface area contributed by atoms with E-state index in [1.54, 1.807) is 17.7 Å². The predicted octanol–water partition coefficient (Wildman–Crippen LogP) is 3.89. The van der Waals surface area contributed by atoms with E-state index in [-0.39, 0.29) is 5.69 Å². The lowest BCUT2D eigenvalue weighted by Gasteiger charge is -2.12. The molecule has 1 aromatic carbocycles. The number of carbonyl (C=O) groups is 1. The zero-order valence-corrected chi connectivity index (χ0v) is 13.3. The van der Waals surface area contributed by atoms with Crippen molar-refractivity contribution < 1.29 is 14.6 Å². The molecule has 1 N–H and O–H groups in total. The number of rotatable bonds is 4. The Bertz CT molecular complexity index is 848. The van der Waals surface area contributed by atoms with Crippen molar-refractivity contribution in [1.29, 1.82) is 0 Å². The molecule has 3 rings (SSSR count). The minimum absolute atomic E-state index is 0.0482. The number of hydrogen-bond acceptors (Lipinski definition) is 4. The molecule has 6 heteroatoms. The Balaban J connectivity index is 2.21. The molecule has 0 bridgehead atoms. The molecule has 0 atom stereocenters. The van der Waals surface area contributed by atoms with E-state index < -0.39 is 5.97 Å². The summed E-state index contributed by atoms with van der Waals surface area (Å²) in [6.45, 7) is 4.27. The number of nitrogens with zero attached hydrogens (tertiary/aromatic N) is 2. The van der Waals surface area contributed by atoms with Crippen LogP contribution in [-0.2, 0) is 0 Å². The fourth-order valence-electron chi connectivity index (χ4n) is 2.37. The highest BCUT2D eigenvalue weighted by atomic mass is 32.1. The Morgan fingerprint density at radius 3 is 2.82 bits per heavy atom. The summed E-state index contributed by atoms with van der Waals surface area (Å²) in [5.41, 5.74) is 3.08. The van der Waals surface area contributed by atoms with E-state index in [9.17, 15) is 4.79 Å². The van der Waals surface area contributed by atoms with Crippen LogP contribution in [-0.4, -0.2) is 27.6 Å². The van der Waals surface area contributed by atoms with Gasteiger partial charge in [0.1, 0.15) is 5.75 Å². The van der Waals surface area contributed by atoms with E-state index in [1.165, 1.54) is 16.9 Å². The average molecular weight is 316 g/mol. The molecule has 0 aliphatic heterocycles. The summed E-state index contributed by atoms with van der Waals surface area (Å²) >= 11 is 1.41. The maximum absolute atomic E-state index is 11.1. The number of aromatic carboxylic acids is 1. The molecule has 3 aromatic rings. The van der Waals surface area contributed by atoms with Crippen LogP contribution >= 0.6 is 11.3 Å². The highest BCUT2D eigenvalue weighted by Crippen LogP contribution is 2.35. The molecule has 0 fully saturated rings. The van der Waals surface area contributed by atoms with Gasteiger partial charge in [0.25, 0.3) is 0 Å². The lowest BCUT2D eigenvalue weighted by atomic mass is 9.99. The van der Waals surface area contributed by atoms with Gasteiger partial charge in [-0.1, -0.05) is 19.9 Å². The van der Waals surface area contributed by atoms with Crippen molar-refractivity contribution in [3.63, 3.8) is 0 Å². The molecule has 0 unspecified atom stereocenters. The molecule has 0 aliphatic carbocycles. The molecule has 0 radical (unpaired) electrons. The highest BCUT2D eigenvalue weighted by Gasteiger charge is 2.17. The van der Waals surface area contributed by atoms with Crippen LogP contribution in [0.4, 0.5) is 0 Å². The van der Waals surface area contributed by atoms with E-state index >= 15 is 0 Å². The van der Waals surface area contributed by atoms with Gasteiger partial charge in [0, 0.05) is 17.1 Å². The minimum Gasteiger partial charge on any atom is -0.496 e. The normalized spacial score (nSPS) is 11.3. The number of ether oxygens (including phenoxy) is 1. The molecule has 0 aliphatic rings. The van der Waals surface area contributed by atoms with Crippen molar-refractivity contribution in [3.05, 3.63) is 41.0 Å².